The summed E-state index contributed by atoms with van der Waals surface area (Å²) in [7, 11) is 0. The second kappa shape index (κ2) is 8.34. The lowest BCUT2D eigenvalue weighted by molar-refractivity contribution is -0.113. The summed E-state index contributed by atoms with van der Waals surface area (Å²) in [5, 5.41) is 0. The van der Waals surface area contributed by atoms with Crippen LogP contribution in [0.3, 0.4) is 0 Å². The molecule has 1 heteroatoms. The number of alkyl halides is 1. The molecular formula is C27H47I. The van der Waals surface area contributed by atoms with E-state index in [4.69, 9.17) is 0 Å². The van der Waals surface area contributed by atoms with E-state index < -0.39 is 0 Å². The molecule has 9 atom stereocenters. The molecule has 4 fully saturated rings. The monoisotopic (exact) mass is 498 g/mol. The first-order valence-electron chi connectivity index (χ1n) is 12.9. The molecular weight excluding hydrogens is 451 g/mol. The van der Waals surface area contributed by atoms with Crippen LogP contribution >= 0.6 is 22.6 Å². The van der Waals surface area contributed by atoms with Crippen molar-refractivity contribution in [3.8, 4) is 0 Å². The van der Waals surface area contributed by atoms with Gasteiger partial charge in [0.05, 0.1) is 0 Å². The molecule has 0 nitrogen and oxygen atoms in total. The summed E-state index contributed by atoms with van der Waals surface area (Å²) < 4.78 is 0.962. The van der Waals surface area contributed by atoms with Gasteiger partial charge in [0, 0.05) is 3.92 Å². The summed E-state index contributed by atoms with van der Waals surface area (Å²) in [6.07, 6.45) is 18.3. The third-order valence-corrected chi connectivity index (χ3v) is 11.9. The van der Waals surface area contributed by atoms with E-state index in [2.05, 4.69) is 57.2 Å². The molecule has 162 valence electrons. The normalized spacial score (nSPS) is 49.4. The summed E-state index contributed by atoms with van der Waals surface area (Å²) in [4.78, 5) is 0. The highest BCUT2D eigenvalue weighted by Gasteiger charge is 2.60. The maximum absolute atomic E-state index is 2.75. The summed E-state index contributed by atoms with van der Waals surface area (Å²) >= 11 is 2.75. The van der Waals surface area contributed by atoms with Gasteiger partial charge in [0.2, 0.25) is 0 Å². The van der Waals surface area contributed by atoms with E-state index in [1.165, 1.54) is 38.5 Å². The summed E-state index contributed by atoms with van der Waals surface area (Å²) in [5.74, 6) is 7.07. The van der Waals surface area contributed by atoms with Crippen LogP contribution in [0.5, 0.6) is 0 Å². The first-order chi connectivity index (χ1) is 13.3. The van der Waals surface area contributed by atoms with Gasteiger partial charge >= 0.3 is 0 Å². The summed E-state index contributed by atoms with van der Waals surface area (Å²) in [5.41, 5.74) is 1.36. The van der Waals surface area contributed by atoms with Crippen molar-refractivity contribution in [2.45, 2.75) is 116 Å². The van der Waals surface area contributed by atoms with Crippen molar-refractivity contribution < 1.29 is 0 Å². The molecule has 4 aliphatic rings. The van der Waals surface area contributed by atoms with Crippen molar-refractivity contribution in [2.75, 3.05) is 0 Å². The quantitative estimate of drug-likeness (QED) is 0.262. The molecule has 4 aliphatic carbocycles. The third-order valence-electron chi connectivity index (χ3n) is 10.8. The fourth-order valence-corrected chi connectivity index (χ4v) is 10.2. The molecule has 0 N–H and O–H groups in total. The van der Waals surface area contributed by atoms with Crippen molar-refractivity contribution >= 4 is 22.6 Å². The van der Waals surface area contributed by atoms with E-state index in [0.717, 1.165) is 45.3 Å². The van der Waals surface area contributed by atoms with Crippen LogP contribution in [0.25, 0.3) is 0 Å². The van der Waals surface area contributed by atoms with Crippen molar-refractivity contribution in [3.63, 3.8) is 0 Å². The molecule has 28 heavy (non-hydrogen) atoms. The van der Waals surface area contributed by atoms with Crippen molar-refractivity contribution in [2.24, 2.45) is 52.3 Å². The molecule has 5 unspecified atom stereocenters. The molecule has 0 amide bonds. The lowest BCUT2D eigenvalue weighted by Crippen LogP contribution is -2.53. The van der Waals surface area contributed by atoms with Gasteiger partial charge in [-0.3, -0.25) is 0 Å². The minimum absolute atomic E-state index is 0.669. The Labute approximate surface area is 189 Å². The van der Waals surface area contributed by atoms with Crippen LogP contribution in [0.15, 0.2) is 0 Å². The van der Waals surface area contributed by atoms with Crippen molar-refractivity contribution in [1.29, 1.82) is 0 Å². The minimum atomic E-state index is 0.669. The fourth-order valence-electron chi connectivity index (χ4n) is 9.23. The number of hydrogen-bond acceptors (Lipinski definition) is 0. The van der Waals surface area contributed by atoms with Crippen LogP contribution in [0.4, 0.5) is 0 Å². The van der Waals surface area contributed by atoms with Gasteiger partial charge in [-0.05, 0) is 110 Å². The highest BCUT2D eigenvalue weighted by molar-refractivity contribution is 14.1. The maximum atomic E-state index is 2.75. The highest BCUT2D eigenvalue weighted by atomic mass is 127. The van der Waals surface area contributed by atoms with E-state index in [1.54, 1.807) is 38.5 Å². The lowest BCUT2D eigenvalue weighted by atomic mass is 9.44. The van der Waals surface area contributed by atoms with Crippen LogP contribution in [0, 0.1) is 52.3 Å². The topological polar surface area (TPSA) is 0 Å². The van der Waals surface area contributed by atoms with E-state index in [1.807, 2.05) is 0 Å². The zero-order valence-corrected chi connectivity index (χ0v) is 21.6. The highest BCUT2D eigenvalue weighted by Crippen LogP contribution is 2.68. The SMILES string of the molecule is CC(C)CCCC(C)[C@H]1CCC2C3CCC4C[C@@H](I)CC[C@]4(C)C3CC[C@@]21C. The molecule has 0 radical (unpaired) electrons. The first kappa shape index (κ1) is 21.9. The van der Waals surface area contributed by atoms with Gasteiger partial charge in [-0.25, -0.2) is 0 Å². The maximum Gasteiger partial charge on any atom is 0.0113 e. The van der Waals surface area contributed by atoms with Crippen LogP contribution in [0.2, 0.25) is 0 Å². The predicted molar refractivity (Wildman–Crippen MR) is 131 cm³/mol. The molecule has 0 aromatic heterocycles. The van der Waals surface area contributed by atoms with Crippen LogP contribution < -0.4 is 0 Å². The Bertz CT molecular complexity index is 540. The molecule has 4 saturated carbocycles. The lowest BCUT2D eigenvalue weighted by Gasteiger charge is -2.61. The van der Waals surface area contributed by atoms with E-state index in [-0.39, 0.29) is 0 Å². The molecule has 0 bridgehead atoms. The van der Waals surface area contributed by atoms with E-state index >= 15 is 0 Å². The van der Waals surface area contributed by atoms with Crippen LogP contribution in [-0.4, -0.2) is 3.92 Å². The predicted octanol–water partition coefficient (Wildman–Crippen LogP) is 8.91. The van der Waals surface area contributed by atoms with Gasteiger partial charge < -0.3 is 0 Å². The Morgan fingerprint density at radius 3 is 2.29 bits per heavy atom. The Kier molecular flexibility index (Phi) is 6.54. The third kappa shape index (κ3) is 3.75. The number of rotatable bonds is 5. The summed E-state index contributed by atoms with van der Waals surface area (Å²) in [6, 6.07) is 0. The zero-order chi connectivity index (χ0) is 20.1. The Morgan fingerprint density at radius 2 is 1.54 bits per heavy atom. The Morgan fingerprint density at radius 1 is 0.821 bits per heavy atom. The van der Waals surface area contributed by atoms with E-state index in [9.17, 15) is 0 Å². The standard InChI is InChI=1S/C27H47I/c1-18(2)7-6-8-19(3)23-11-12-24-22-10-9-20-17-21(28)13-15-26(20,4)25(22)14-16-27(23,24)5/h18-25H,6-17H2,1-5H3/t19?,20?,21-,22?,23+,24?,25?,26-,27+/m0/s1. The van der Waals surface area contributed by atoms with E-state index in [0.29, 0.717) is 10.8 Å². The second-order valence-corrected chi connectivity index (χ2v) is 14.3. The second-order valence-electron chi connectivity index (χ2n) is 12.6. The van der Waals surface area contributed by atoms with Crippen LogP contribution in [0.1, 0.15) is 112 Å². The van der Waals surface area contributed by atoms with Crippen molar-refractivity contribution in [1.82, 2.24) is 0 Å². The van der Waals surface area contributed by atoms with Gasteiger partial charge in [-0.2, -0.15) is 0 Å². The summed E-state index contributed by atoms with van der Waals surface area (Å²) in [6.45, 7) is 12.9. The average molecular weight is 499 g/mol. The largest absolute Gasteiger partial charge is 0.0826 e. The Hall–Kier alpha value is 0.730. The van der Waals surface area contributed by atoms with Gasteiger partial charge in [0.15, 0.2) is 0 Å². The molecule has 0 aliphatic heterocycles. The molecule has 0 aromatic rings. The average Bonchev–Trinajstić information content (AvgIpc) is 2.99. The fraction of sp³-hybridized carbons (Fsp3) is 1.00. The molecule has 0 aromatic carbocycles. The first-order valence-corrected chi connectivity index (χ1v) is 14.1. The zero-order valence-electron chi connectivity index (χ0n) is 19.5. The van der Waals surface area contributed by atoms with Gasteiger partial charge in [0.1, 0.15) is 0 Å². The number of hydrogen-bond donors (Lipinski definition) is 0. The van der Waals surface area contributed by atoms with Gasteiger partial charge in [-0.15, -0.1) is 0 Å². The van der Waals surface area contributed by atoms with Crippen molar-refractivity contribution in [3.05, 3.63) is 0 Å². The molecule has 0 spiro atoms. The molecule has 0 heterocycles. The van der Waals surface area contributed by atoms with Crippen LogP contribution in [-0.2, 0) is 0 Å². The molecule has 0 saturated heterocycles. The number of halogens is 1. The smallest absolute Gasteiger partial charge is 0.0113 e. The molecule has 4 rings (SSSR count). The Balaban J connectivity index is 1.46. The van der Waals surface area contributed by atoms with Gasteiger partial charge in [-0.1, -0.05) is 76.5 Å². The minimum Gasteiger partial charge on any atom is -0.0826 e. The van der Waals surface area contributed by atoms with Gasteiger partial charge in [0.25, 0.3) is 0 Å². The number of fused-ring (bicyclic) bond motifs is 5.